The number of aromatic nitrogens is 1. The van der Waals surface area contributed by atoms with Crippen molar-refractivity contribution in [3.8, 4) is 22.4 Å². The van der Waals surface area contributed by atoms with Gasteiger partial charge in [-0.2, -0.15) is 5.10 Å². The summed E-state index contributed by atoms with van der Waals surface area (Å²) in [6.07, 6.45) is 1.71. The standard InChI is InChI=1S/C23H18FN3S/c1-25-23-27(26-15-17-7-13-21(24)14-8-17)22(16-28-23)20-11-9-19(10-12-20)18-5-3-2-4-6-18/h2-16H,1H3/b25-23?,26-15+. The van der Waals surface area contributed by atoms with E-state index >= 15 is 0 Å². The first-order valence-electron chi connectivity index (χ1n) is 8.84. The predicted octanol–water partition coefficient (Wildman–Crippen LogP) is 5.44. The van der Waals surface area contributed by atoms with Crippen LogP contribution < -0.4 is 4.80 Å². The lowest BCUT2D eigenvalue weighted by Gasteiger charge is -2.06. The second kappa shape index (κ2) is 8.15. The zero-order valence-corrected chi connectivity index (χ0v) is 16.1. The molecular weight excluding hydrogens is 369 g/mol. The van der Waals surface area contributed by atoms with Gasteiger partial charge in [0, 0.05) is 18.0 Å². The summed E-state index contributed by atoms with van der Waals surface area (Å²) in [6.45, 7) is 0. The molecule has 4 aromatic rings. The molecule has 0 fully saturated rings. The molecule has 28 heavy (non-hydrogen) atoms. The fraction of sp³-hybridized carbons (Fsp3) is 0.0435. The van der Waals surface area contributed by atoms with E-state index in [9.17, 15) is 4.39 Å². The highest BCUT2D eigenvalue weighted by atomic mass is 32.1. The van der Waals surface area contributed by atoms with Gasteiger partial charge in [-0.25, -0.2) is 9.07 Å². The molecule has 0 atom stereocenters. The summed E-state index contributed by atoms with van der Waals surface area (Å²) in [5, 5.41) is 6.62. The van der Waals surface area contributed by atoms with Gasteiger partial charge in [0.15, 0.2) is 0 Å². The molecule has 0 N–H and O–H groups in total. The molecule has 0 unspecified atom stereocenters. The molecule has 0 aliphatic carbocycles. The van der Waals surface area contributed by atoms with Gasteiger partial charge in [0.05, 0.1) is 11.9 Å². The van der Waals surface area contributed by atoms with Gasteiger partial charge in [-0.05, 0) is 28.8 Å². The molecule has 1 heterocycles. The summed E-state index contributed by atoms with van der Waals surface area (Å²) in [7, 11) is 1.75. The second-order valence-electron chi connectivity index (χ2n) is 6.18. The van der Waals surface area contributed by atoms with Gasteiger partial charge in [-0.1, -0.05) is 66.7 Å². The van der Waals surface area contributed by atoms with Crippen LogP contribution in [-0.4, -0.2) is 17.9 Å². The summed E-state index contributed by atoms with van der Waals surface area (Å²) in [5.74, 6) is -0.260. The minimum absolute atomic E-state index is 0.260. The molecule has 0 radical (unpaired) electrons. The fourth-order valence-corrected chi connectivity index (χ4v) is 3.70. The Labute approximate surface area is 166 Å². The number of halogens is 1. The smallest absolute Gasteiger partial charge is 0.205 e. The van der Waals surface area contributed by atoms with Crippen LogP contribution >= 0.6 is 11.3 Å². The number of rotatable bonds is 4. The number of nitrogens with zero attached hydrogens (tertiary/aromatic N) is 3. The summed E-state index contributed by atoms with van der Waals surface area (Å²) >= 11 is 1.53. The van der Waals surface area contributed by atoms with Crippen LogP contribution in [0.5, 0.6) is 0 Å². The molecule has 3 aromatic carbocycles. The van der Waals surface area contributed by atoms with Crippen LogP contribution in [0.4, 0.5) is 4.39 Å². The number of benzene rings is 3. The zero-order valence-electron chi connectivity index (χ0n) is 15.3. The molecule has 3 nitrogen and oxygen atoms in total. The predicted molar refractivity (Wildman–Crippen MR) is 114 cm³/mol. The second-order valence-corrected chi connectivity index (χ2v) is 7.01. The number of thiazole rings is 1. The van der Waals surface area contributed by atoms with Crippen molar-refractivity contribution in [3.63, 3.8) is 0 Å². The van der Waals surface area contributed by atoms with Crippen molar-refractivity contribution in [2.45, 2.75) is 0 Å². The Kier molecular flexibility index (Phi) is 5.26. The molecule has 138 valence electrons. The maximum absolute atomic E-state index is 13.1. The molecule has 0 amide bonds. The Bertz CT molecular complexity index is 1160. The number of hydrogen-bond acceptors (Lipinski definition) is 3. The molecule has 0 saturated heterocycles. The Morgan fingerprint density at radius 1 is 0.821 bits per heavy atom. The van der Waals surface area contributed by atoms with Crippen molar-refractivity contribution in [3.05, 3.63) is 100 Å². The monoisotopic (exact) mass is 387 g/mol. The highest BCUT2D eigenvalue weighted by Gasteiger charge is 2.07. The van der Waals surface area contributed by atoms with Crippen LogP contribution in [0, 0.1) is 5.82 Å². The molecule has 0 aliphatic rings. The van der Waals surface area contributed by atoms with Gasteiger partial charge in [0.1, 0.15) is 5.82 Å². The molecule has 0 spiro atoms. The zero-order chi connectivity index (χ0) is 19.3. The largest absolute Gasteiger partial charge is 0.261 e. The van der Waals surface area contributed by atoms with E-state index < -0.39 is 0 Å². The van der Waals surface area contributed by atoms with Crippen molar-refractivity contribution in [2.75, 3.05) is 7.05 Å². The summed E-state index contributed by atoms with van der Waals surface area (Å²) in [6, 6.07) is 24.9. The van der Waals surface area contributed by atoms with E-state index in [1.807, 2.05) is 28.3 Å². The minimum Gasteiger partial charge on any atom is -0.261 e. The Morgan fingerprint density at radius 2 is 1.46 bits per heavy atom. The third kappa shape index (κ3) is 3.85. The van der Waals surface area contributed by atoms with E-state index in [4.69, 9.17) is 0 Å². The van der Waals surface area contributed by atoms with Crippen molar-refractivity contribution in [1.82, 2.24) is 4.68 Å². The van der Waals surface area contributed by atoms with E-state index in [1.54, 1.807) is 25.4 Å². The Balaban J connectivity index is 1.69. The summed E-state index contributed by atoms with van der Waals surface area (Å²) in [4.78, 5) is 5.11. The van der Waals surface area contributed by atoms with Crippen molar-refractivity contribution in [2.24, 2.45) is 10.1 Å². The molecule has 1 aromatic heterocycles. The van der Waals surface area contributed by atoms with Crippen LogP contribution in [0.1, 0.15) is 5.56 Å². The van der Waals surface area contributed by atoms with Crippen LogP contribution in [0.3, 0.4) is 0 Å². The van der Waals surface area contributed by atoms with Gasteiger partial charge in [0.25, 0.3) is 0 Å². The van der Waals surface area contributed by atoms with E-state index in [1.165, 1.54) is 34.6 Å². The summed E-state index contributed by atoms with van der Waals surface area (Å²) in [5.41, 5.74) is 5.20. The molecular formula is C23H18FN3S. The van der Waals surface area contributed by atoms with E-state index in [2.05, 4.69) is 46.5 Å². The first-order valence-corrected chi connectivity index (χ1v) is 9.72. The Hall–Kier alpha value is -3.31. The van der Waals surface area contributed by atoms with Gasteiger partial charge < -0.3 is 0 Å². The van der Waals surface area contributed by atoms with Crippen LogP contribution in [0.15, 0.2) is 94.3 Å². The van der Waals surface area contributed by atoms with Gasteiger partial charge in [0.2, 0.25) is 4.80 Å². The fourth-order valence-electron chi connectivity index (χ4n) is 2.90. The summed E-state index contributed by atoms with van der Waals surface area (Å²) < 4.78 is 14.9. The van der Waals surface area contributed by atoms with Crippen molar-refractivity contribution in [1.29, 1.82) is 0 Å². The highest BCUT2D eigenvalue weighted by Crippen LogP contribution is 2.25. The van der Waals surface area contributed by atoms with Crippen molar-refractivity contribution >= 4 is 17.6 Å². The van der Waals surface area contributed by atoms with Crippen LogP contribution in [0.25, 0.3) is 22.4 Å². The average Bonchev–Trinajstić information content (AvgIpc) is 3.17. The molecule has 5 heteroatoms. The van der Waals surface area contributed by atoms with Gasteiger partial charge in [-0.3, -0.25) is 4.99 Å². The first kappa shape index (κ1) is 18.1. The first-order chi connectivity index (χ1) is 13.7. The maximum Gasteiger partial charge on any atom is 0.205 e. The Morgan fingerprint density at radius 3 is 2.14 bits per heavy atom. The van der Waals surface area contributed by atoms with E-state index in [-0.39, 0.29) is 5.82 Å². The van der Waals surface area contributed by atoms with E-state index in [0.29, 0.717) is 0 Å². The van der Waals surface area contributed by atoms with Crippen LogP contribution in [-0.2, 0) is 0 Å². The van der Waals surface area contributed by atoms with Gasteiger partial charge >= 0.3 is 0 Å². The maximum atomic E-state index is 13.1. The number of hydrogen-bond donors (Lipinski definition) is 0. The SMILES string of the molecule is CN=c1scc(-c2ccc(-c3ccccc3)cc2)n1/N=C/c1ccc(F)cc1. The molecule has 0 saturated carbocycles. The minimum atomic E-state index is -0.260. The topological polar surface area (TPSA) is 29.6 Å². The molecule has 4 rings (SSSR count). The molecule has 0 aliphatic heterocycles. The molecule has 0 bridgehead atoms. The lowest BCUT2D eigenvalue weighted by molar-refractivity contribution is 0.628. The lowest BCUT2D eigenvalue weighted by atomic mass is 10.0. The normalized spacial score (nSPS) is 12.0. The highest BCUT2D eigenvalue weighted by molar-refractivity contribution is 7.07. The van der Waals surface area contributed by atoms with Gasteiger partial charge in [-0.15, -0.1) is 11.3 Å². The van der Waals surface area contributed by atoms with Crippen LogP contribution in [0.2, 0.25) is 0 Å². The quantitative estimate of drug-likeness (QED) is 0.418. The van der Waals surface area contributed by atoms with Crippen molar-refractivity contribution < 1.29 is 4.39 Å². The lowest BCUT2D eigenvalue weighted by Crippen LogP contribution is -2.11. The van der Waals surface area contributed by atoms with E-state index in [0.717, 1.165) is 21.6 Å². The third-order valence-corrected chi connectivity index (χ3v) is 5.26. The average molecular weight is 387 g/mol. The third-order valence-electron chi connectivity index (χ3n) is 4.36.